The molecule has 1 aliphatic heterocycles. The maximum Gasteiger partial charge on any atom is 0.253 e. The summed E-state index contributed by atoms with van der Waals surface area (Å²) in [5, 5.41) is 8.44. The summed E-state index contributed by atoms with van der Waals surface area (Å²) in [7, 11) is 1.87. The monoisotopic (exact) mass is 344 g/mol. The Hall–Kier alpha value is -1.95. The summed E-state index contributed by atoms with van der Waals surface area (Å²) in [5.41, 5.74) is 3.12. The van der Waals surface area contributed by atoms with Gasteiger partial charge in [-0.2, -0.15) is 5.10 Å². The fraction of sp³-hybridized carbons (Fsp3) is 0.632. The van der Waals surface area contributed by atoms with E-state index in [-0.39, 0.29) is 11.3 Å². The molecular weight excluding hydrogens is 316 g/mol. The van der Waals surface area contributed by atoms with Gasteiger partial charge in [-0.3, -0.25) is 9.48 Å². The van der Waals surface area contributed by atoms with E-state index in [4.69, 9.17) is 4.74 Å². The molecule has 2 aromatic heterocycles. The number of fused-ring (bicyclic) bond motifs is 1. The number of ether oxygens (including phenoxy) is 1. The molecule has 0 spiro atoms. The molecule has 136 valence electrons. The van der Waals surface area contributed by atoms with Crippen LogP contribution in [0.1, 0.15) is 48.4 Å². The Morgan fingerprint density at radius 1 is 1.32 bits per heavy atom. The lowest BCUT2D eigenvalue weighted by molar-refractivity contribution is 0.0228. The van der Waals surface area contributed by atoms with Crippen LogP contribution >= 0.6 is 0 Å². The molecule has 25 heavy (non-hydrogen) atoms. The number of nitrogens with zero attached hydrogens (tertiary/aromatic N) is 3. The average molecular weight is 344 g/mol. The Balaban J connectivity index is 1.75. The lowest BCUT2D eigenvalue weighted by Gasteiger charge is -2.37. The molecule has 0 atom stereocenters. The number of aromatic nitrogens is 3. The number of nitrogens with one attached hydrogen (secondary N) is 1. The number of amides is 1. The molecule has 1 amide bonds. The van der Waals surface area contributed by atoms with E-state index in [1.54, 1.807) is 4.68 Å². The van der Waals surface area contributed by atoms with Crippen LogP contribution in [0, 0.1) is 25.2 Å². The van der Waals surface area contributed by atoms with E-state index >= 15 is 0 Å². The van der Waals surface area contributed by atoms with Crippen molar-refractivity contribution in [3.8, 4) is 0 Å². The zero-order valence-corrected chi connectivity index (χ0v) is 15.8. The zero-order valence-electron chi connectivity index (χ0n) is 15.8. The van der Waals surface area contributed by atoms with Crippen LogP contribution in [0.5, 0.6) is 0 Å². The van der Waals surface area contributed by atoms with Crippen LogP contribution in [0.25, 0.3) is 11.0 Å². The lowest BCUT2D eigenvalue weighted by Crippen LogP contribution is -2.40. The van der Waals surface area contributed by atoms with Crippen molar-refractivity contribution in [3.05, 3.63) is 23.0 Å². The van der Waals surface area contributed by atoms with Gasteiger partial charge in [0.1, 0.15) is 0 Å². The second kappa shape index (κ2) is 6.75. The normalized spacial score (nSPS) is 16.4. The van der Waals surface area contributed by atoms with E-state index in [9.17, 15) is 4.79 Å². The molecule has 0 radical (unpaired) electrons. The number of aryl methyl sites for hydroxylation is 3. The number of carbonyl (C=O) groups is 1. The van der Waals surface area contributed by atoms with Crippen molar-refractivity contribution in [3.63, 3.8) is 0 Å². The Bertz CT molecular complexity index is 788. The van der Waals surface area contributed by atoms with Crippen molar-refractivity contribution in [1.29, 1.82) is 0 Å². The summed E-state index contributed by atoms with van der Waals surface area (Å²) in [5.74, 6) is 0.513. The lowest BCUT2D eigenvalue weighted by atomic mass is 9.74. The number of pyridine rings is 1. The fourth-order valence-corrected chi connectivity index (χ4v) is 3.69. The third kappa shape index (κ3) is 3.54. The molecule has 1 N–H and O–H groups in total. The van der Waals surface area contributed by atoms with Crippen molar-refractivity contribution in [1.82, 2.24) is 20.1 Å². The minimum atomic E-state index is -0.0599. The highest BCUT2D eigenvalue weighted by Crippen LogP contribution is 2.33. The first-order chi connectivity index (χ1) is 11.8. The second-order valence-corrected chi connectivity index (χ2v) is 7.76. The van der Waals surface area contributed by atoms with Gasteiger partial charge in [-0.15, -0.1) is 0 Å². The second-order valence-electron chi connectivity index (χ2n) is 7.76. The van der Waals surface area contributed by atoms with E-state index in [1.165, 1.54) is 0 Å². The fourth-order valence-electron chi connectivity index (χ4n) is 3.69. The summed E-state index contributed by atoms with van der Waals surface area (Å²) < 4.78 is 7.21. The van der Waals surface area contributed by atoms with Gasteiger partial charge in [0.2, 0.25) is 0 Å². The van der Waals surface area contributed by atoms with Crippen molar-refractivity contribution >= 4 is 16.9 Å². The zero-order chi connectivity index (χ0) is 18.2. The molecule has 0 aliphatic carbocycles. The quantitative estimate of drug-likeness (QED) is 0.926. The molecule has 1 aliphatic rings. The van der Waals surface area contributed by atoms with E-state index in [0.29, 0.717) is 18.0 Å². The van der Waals surface area contributed by atoms with Crippen LogP contribution in [0.15, 0.2) is 6.07 Å². The molecule has 0 saturated carbocycles. The minimum absolute atomic E-state index is 0.0507. The molecule has 3 heterocycles. The predicted molar refractivity (Wildman–Crippen MR) is 97.6 cm³/mol. The van der Waals surface area contributed by atoms with Gasteiger partial charge in [0.15, 0.2) is 5.65 Å². The first-order valence-corrected chi connectivity index (χ1v) is 8.96. The summed E-state index contributed by atoms with van der Waals surface area (Å²) in [6, 6.07) is 1.91. The Morgan fingerprint density at radius 3 is 2.68 bits per heavy atom. The van der Waals surface area contributed by atoms with Gasteiger partial charge in [0, 0.05) is 32.2 Å². The highest BCUT2D eigenvalue weighted by Gasteiger charge is 2.31. The molecule has 0 bridgehead atoms. The van der Waals surface area contributed by atoms with Crippen LogP contribution < -0.4 is 5.32 Å². The highest BCUT2D eigenvalue weighted by atomic mass is 16.5. The Kier molecular flexibility index (Phi) is 4.82. The number of carbonyl (C=O) groups excluding carboxylic acids is 1. The summed E-state index contributed by atoms with van der Waals surface area (Å²) in [4.78, 5) is 17.3. The molecule has 0 unspecified atom stereocenters. The van der Waals surface area contributed by atoms with Crippen LogP contribution in [-0.2, 0) is 11.8 Å². The maximum atomic E-state index is 12.8. The summed E-state index contributed by atoms with van der Waals surface area (Å²) in [6.07, 6.45) is 2.12. The molecule has 1 saturated heterocycles. The van der Waals surface area contributed by atoms with Gasteiger partial charge in [0.25, 0.3) is 5.91 Å². The molecule has 3 rings (SSSR count). The van der Waals surface area contributed by atoms with E-state index in [0.717, 1.165) is 48.5 Å². The van der Waals surface area contributed by atoms with E-state index in [1.807, 2.05) is 27.0 Å². The van der Waals surface area contributed by atoms with Gasteiger partial charge in [-0.1, -0.05) is 13.8 Å². The van der Waals surface area contributed by atoms with Crippen LogP contribution in [0.4, 0.5) is 0 Å². The highest BCUT2D eigenvalue weighted by molar-refractivity contribution is 5.98. The van der Waals surface area contributed by atoms with Crippen LogP contribution in [-0.4, -0.2) is 40.4 Å². The third-order valence-corrected chi connectivity index (χ3v) is 5.46. The summed E-state index contributed by atoms with van der Waals surface area (Å²) >= 11 is 0. The van der Waals surface area contributed by atoms with Gasteiger partial charge in [0.05, 0.1) is 17.0 Å². The van der Waals surface area contributed by atoms with E-state index in [2.05, 4.69) is 29.2 Å². The standard InChI is InChI=1S/C19H28N4O2/c1-12-16(10-15-13(2)22-23(5)17(15)21-12)18(24)20-11-19(3,4)14-6-8-25-9-7-14/h10,14H,6-9,11H2,1-5H3,(H,20,24). The molecule has 0 aromatic carbocycles. The number of hydrogen-bond acceptors (Lipinski definition) is 4. The number of hydrogen-bond donors (Lipinski definition) is 1. The number of rotatable bonds is 4. The summed E-state index contributed by atoms with van der Waals surface area (Å²) in [6.45, 7) is 10.6. The Morgan fingerprint density at radius 2 is 2.00 bits per heavy atom. The Labute approximate surface area is 149 Å². The van der Waals surface area contributed by atoms with Gasteiger partial charge in [-0.25, -0.2) is 4.98 Å². The molecule has 6 nitrogen and oxygen atoms in total. The van der Waals surface area contributed by atoms with Crippen molar-refractivity contribution < 1.29 is 9.53 Å². The third-order valence-electron chi connectivity index (χ3n) is 5.46. The topological polar surface area (TPSA) is 69.0 Å². The predicted octanol–water partition coefficient (Wildman–Crippen LogP) is 2.77. The van der Waals surface area contributed by atoms with Gasteiger partial charge < -0.3 is 10.1 Å². The van der Waals surface area contributed by atoms with E-state index < -0.39 is 0 Å². The minimum Gasteiger partial charge on any atom is -0.381 e. The largest absolute Gasteiger partial charge is 0.381 e. The van der Waals surface area contributed by atoms with Crippen molar-refractivity contribution in [2.75, 3.05) is 19.8 Å². The maximum absolute atomic E-state index is 12.8. The first kappa shape index (κ1) is 17.9. The van der Waals surface area contributed by atoms with Gasteiger partial charge in [-0.05, 0) is 44.1 Å². The van der Waals surface area contributed by atoms with Gasteiger partial charge >= 0.3 is 0 Å². The molecule has 1 fully saturated rings. The SMILES string of the molecule is Cc1nc2c(cc1C(=O)NCC(C)(C)C1CCOCC1)c(C)nn2C. The van der Waals surface area contributed by atoms with Crippen LogP contribution in [0.3, 0.4) is 0 Å². The molecule has 2 aromatic rings. The van der Waals surface area contributed by atoms with Crippen molar-refractivity contribution in [2.45, 2.75) is 40.5 Å². The van der Waals surface area contributed by atoms with Crippen LogP contribution in [0.2, 0.25) is 0 Å². The first-order valence-electron chi connectivity index (χ1n) is 8.96. The van der Waals surface area contributed by atoms with Crippen molar-refractivity contribution in [2.24, 2.45) is 18.4 Å². The molecule has 6 heteroatoms. The smallest absolute Gasteiger partial charge is 0.253 e. The molecular formula is C19H28N4O2. The average Bonchev–Trinajstić information content (AvgIpc) is 2.86.